The smallest absolute Gasteiger partial charge is 0.370 e. The number of hydrogen-bond donors (Lipinski definition) is 5. The van der Waals surface area contributed by atoms with E-state index >= 15 is 0 Å². The molecule has 0 aromatic carbocycles. The molecule has 12 nitrogen and oxygen atoms in total. The van der Waals surface area contributed by atoms with Crippen molar-refractivity contribution in [3.8, 4) is 0 Å². The summed E-state index contributed by atoms with van der Waals surface area (Å²) in [6.45, 7) is 0.439. The first-order chi connectivity index (χ1) is 11.3. The van der Waals surface area contributed by atoms with Crippen molar-refractivity contribution in [3.05, 3.63) is 18.2 Å². The van der Waals surface area contributed by atoms with E-state index in [4.69, 9.17) is 9.84 Å². The van der Waals surface area contributed by atoms with Crippen LogP contribution in [0.2, 0.25) is 0 Å². The molecular formula is C12H17N5O7. The molecule has 12 heteroatoms. The lowest BCUT2D eigenvalue weighted by Crippen LogP contribution is -2.58. The number of nitrogens with one attached hydrogen (secondary N) is 1. The van der Waals surface area contributed by atoms with Crippen LogP contribution in [0.3, 0.4) is 0 Å². The first-order valence-electron chi connectivity index (χ1n) is 6.93. The SMILES string of the molecule is CC(=O)N[C@H]1[C@H]([C@H](O)[C@H](O)CO)OC(C(=O)O)=C[C@@H]1n1cnnn1. The fraction of sp³-hybridized carbons (Fsp3) is 0.583. The standard InChI is InChI=1S/C12H17N5O7/c1-5(19)14-9-6(17-4-13-15-16-17)2-8(12(22)23)24-11(9)10(21)7(20)3-18/h2,4,6-7,9-11,18,20-21H,3H2,1H3,(H,14,19)(H,22,23)/t6-,7+,9+,10+,11+/m0/s1. The Labute approximate surface area is 135 Å². The maximum Gasteiger partial charge on any atom is 0.370 e. The summed E-state index contributed by atoms with van der Waals surface area (Å²) in [6, 6.07) is -1.89. The summed E-state index contributed by atoms with van der Waals surface area (Å²) in [5.41, 5.74) is 0. The largest absolute Gasteiger partial charge is 0.478 e. The van der Waals surface area contributed by atoms with Gasteiger partial charge in [0, 0.05) is 6.92 Å². The number of hydrogen-bond acceptors (Lipinski definition) is 9. The number of nitrogens with zero attached hydrogens (tertiary/aromatic N) is 4. The number of aliphatic hydroxyl groups excluding tert-OH is 3. The molecule has 1 amide bonds. The lowest BCUT2D eigenvalue weighted by Gasteiger charge is -2.39. The Morgan fingerprint density at radius 1 is 1.46 bits per heavy atom. The zero-order chi connectivity index (χ0) is 17.9. The summed E-state index contributed by atoms with van der Waals surface area (Å²) in [7, 11) is 0. The van der Waals surface area contributed by atoms with Crippen LogP contribution in [0.5, 0.6) is 0 Å². The van der Waals surface area contributed by atoms with Gasteiger partial charge in [-0.05, 0) is 16.5 Å². The first kappa shape index (κ1) is 17.8. The zero-order valence-corrected chi connectivity index (χ0v) is 12.6. The number of carboxylic acid groups (broad SMARTS) is 1. The molecule has 0 spiro atoms. The second kappa shape index (κ2) is 7.33. The van der Waals surface area contributed by atoms with Gasteiger partial charge in [0.1, 0.15) is 30.7 Å². The molecule has 0 bridgehead atoms. The Bertz CT molecular complexity index is 619. The number of tetrazole rings is 1. The Morgan fingerprint density at radius 2 is 2.17 bits per heavy atom. The second-order valence-corrected chi connectivity index (χ2v) is 5.17. The Morgan fingerprint density at radius 3 is 2.67 bits per heavy atom. The lowest BCUT2D eigenvalue weighted by molar-refractivity contribution is -0.147. The van der Waals surface area contributed by atoms with Gasteiger partial charge in [-0.1, -0.05) is 0 Å². The van der Waals surface area contributed by atoms with Crippen molar-refractivity contribution in [2.24, 2.45) is 0 Å². The molecule has 0 fully saturated rings. The third-order valence-corrected chi connectivity index (χ3v) is 3.48. The van der Waals surface area contributed by atoms with Gasteiger partial charge in [-0.15, -0.1) is 5.10 Å². The van der Waals surface area contributed by atoms with Crippen molar-refractivity contribution in [1.82, 2.24) is 25.5 Å². The van der Waals surface area contributed by atoms with Gasteiger partial charge in [0.2, 0.25) is 11.7 Å². The summed E-state index contributed by atoms with van der Waals surface area (Å²) < 4.78 is 6.40. The molecule has 5 N–H and O–H groups in total. The molecule has 1 aromatic rings. The minimum Gasteiger partial charge on any atom is -0.478 e. The number of amides is 1. The molecule has 1 aliphatic heterocycles. The maximum absolute atomic E-state index is 11.5. The normalized spacial score (nSPS) is 26.0. The van der Waals surface area contributed by atoms with E-state index in [9.17, 15) is 24.9 Å². The van der Waals surface area contributed by atoms with E-state index in [-0.39, 0.29) is 0 Å². The summed E-state index contributed by atoms with van der Waals surface area (Å²) in [5.74, 6) is -2.40. The summed E-state index contributed by atoms with van der Waals surface area (Å²) in [6.07, 6.45) is -2.26. The fourth-order valence-corrected chi connectivity index (χ4v) is 2.39. The van der Waals surface area contributed by atoms with Gasteiger partial charge in [-0.3, -0.25) is 4.79 Å². The predicted octanol–water partition coefficient (Wildman–Crippen LogP) is -3.20. The van der Waals surface area contributed by atoms with Crippen LogP contribution < -0.4 is 5.32 Å². The quantitative estimate of drug-likeness (QED) is 0.353. The topological polar surface area (TPSA) is 180 Å². The highest BCUT2D eigenvalue weighted by molar-refractivity contribution is 5.84. The minimum absolute atomic E-state index is 0.482. The van der Waals surface area contributed by atoms with Crippen LogP contribution in [0.1, 0.15) is 13.0 Å². The van der Waals surface area contributed by atoms with E-state index in [0.29, 0.717) is 0 Å². The van der Waals surface area contributed by atoms with Crippen LogP contribution in [-0.4, -0.2) is 83.5 Å². The number of ether oxygens (including phenoxy) is 1. The average Bonchev–Trinajstić information content (AvgIpc) is 3.07. The first-order valence-corrected chi connectivity index (χ1v) is 6.93. The average molecular weight is 343 g/mol. The zero-order valence-electron chi connectivity index (χ0n) is 12.6. The summed E-state index contributed by atoms with van der Waals surface area (Å²) >= 11 is 0. The number of carbonyl (C=O) groups excluding carboxylic acids is 1. The van der Waals surface area contributed by atoms with Gasteiger partial charge >= 0.3 is 5.97 Å². The van der Waals surface area contributed by atoms with Crippen molar-refractivity contribution in [2.45, 2.75) is 37.3 Å². The highest BCUT2D eigenvalue weighted by Crippen LogP contribution is 2.29. The number of carbonyl (C=O) groups is 2. The number of rotatable bonds is 6. The van der Waals surface area contributed by atoms with Gasteiger partial charge in [-0.2, -0.15) is 0 Å². The van der Waals surface area contributed by atoms with Crippen LogP contribution in [0.25, 0.3) is 0 Å². The molecule has 5 atom stereocenters. The van der Waals surface area contributed by atoms with Crippen molar-refractivity contribution in [1.29, 1.82) is 0 Å². The maximum atomic E-state index is 11.5. The van der Waals surface area contributed by atoms with E-state index in [1.165, 1.54) is 24.0 Å². The van der Waals surface area contributed by atoms with Crippen molar-refractivity contribution < 1.29 is 34.8 Å². The van der Waals surface area contributed by atoms with Crippen LogP contribution in [0, 0.1) is 0 Å². The highest BCUT2D eigenvalue weighted by atomic mass is 16.5. The predicted molar refractivity (Wildman–Crippen MR) is 74.1 cm³/mol. The second-order valence-electron chi connectivity index (χ2n) is 5.17. The molecule has 0 saturated heterocycles. The molecular weight excluding hydrogens is 326 g/mol. The third kappa shape index (κ3) is 3.67. The Hall–Kier alpha value is -2.57. The van der Waals surface area contributed by atoms with E-state index in [1.54, 1.807) is 0 Å². The van der Waals surface area contributed by atoms with Gasteiger partial charge in [0.15, 0.2) is 0 Å². The Balaban J connectivity index is 2.45. The van der Waals surface area contributed by atoms with Crippen molar-refractivity contribution in [2.75, 3.05) is 6.61 Å². The molecule has 24 heavy (non-hydrogen) atoms. The van der Waals surface area contributed by atoms with Crippen molar-refractivity contribution in [3.63, 3.8) is 0 Å². The lowest BCUT2D eigenvalue weighted by atomic mass is 9.92. The van der Waals surface area contributed by atoms with Gasteiger partial charge in [0.05, 0.1) is 12.6 Å². The molecule has 2 rings (SSSR count). The molecule has 0 radical (unpaired) electrons. The van der Waals surface area contributed by atoms with Crippen LogP contribution in [-0.2, 0) is 14.3 Å². The number of aromatic nitrogens is 4. The van der Waals surface area contributed by atoms with E-state index in [2.05, 4.69) is 20.8 Å². The molecule has 0 saturated carbocycles. The van der Waals surface area contributed by atoms with Crippen molar-refractivity contribution >= 4 is 11.9 Å². The van der Waals surface area contributed by atoms with Crippen LogP contribution in [0.4, 0.5) is 0 Å². The Kier molecular flexibility index (Phi) is 5.43. The van der Waals surface area contributed by atoms with Crippen LogP contribution >= 0.6 is 0 Å². The molecule has 0 unspecified atom stereocenters. The van der Waals surface area contributed by atoms with E-state index in [1.807, 2.05) is 0 Å². The molecule has 132 valence electrons. The molecule has 2 heterocycles. The molecule has 0 aliphatic carbocycles. The minimum atomic E-state index is -1.67. The number of aliphatic hydroxyl groups is 3. The monoisotopic (exact) mass is 343 g/mol. The van der Waals surface area contributed by atoms with Gasteiger partial charge < -0.3 is 30.5 Å². The molecule has 1 aliphatic rings. The van der Waals surface area contributed by atoms with Crippen LogP contribution in [0.15, 0.2) is 18.2 Å². The molecule has 1 aromatic heterocycles. The van der Waals surface area contributed by atoms with E-state index < -0.39 is 54.6 Å². The van der Waals surface area contributed by atoms with Gasteiger partial charge in [-0.25, -0.2) is 9.48 Å². The number of carboxylic acids is 1. The van der Waals surface area contributed by atoms with Gasteiger partial charge in [0.25, 0.3) is 0 Å². The third-order valence-electron chi connectivity index (χ3n) is 3.48. The fourth-order valence-electron chi connectivity index (χ4n) is 2.39. The summed E-state index contributed by atoms with van der Waals surface area (Å²) in [4.78, 5) is 22.8. The highest BCUT2D eigenvalue weighted by Gasteiger charge is 2.44. The summed E-state index contributed by atoms with van der Waals surface area (Å²) in [5, 5.41) is 51.1. The number of aliphatic carboxylic acids is 1. The van der Waals surface area contributed by atoms with E-state index in [0.717, 1.165) is 0 Å².